The molecule has 0 saturated carbocycles. The fourth-order valence-electron chi connectivity index (χ4n) is 2.93. The molecule has 2 rings (SSSR count). The molecule has 0 spiro atoms. The van der Waals surface area contributed by atoms with Crippen LogP contribution in [0.25, 0.3) is 0 Å². The number of rotatable bonds is 4. The van der Waals surface area contributed by atoms with Gasteiger partial charge in [-0.2, -0.15) is 5.10 Å². The Morgan fingerprint density at radius 2 is 2.00 bits per heavy atom. The van der Waals surface area contributed by atoms with Crippen LogP contribution in [0.4, 0.5) is 0 Å². The second kappa shape index (κ2) is 4.78. The van der Waals surface area contributed by atoms with Crippen LogP contribution in [0.15, 0.2) is 12.3 Å². The Morgan fingerprint density at radius 3 is 2.47 bits per heavy atom. The smallest absolute Gasteiger partial charge is 0.0812 e. The highest BCUT2D eigenvalue weighted by Crippen LogP contribution is 2.32. The minimum Gasteiger partial charge on any atom is -0.310 e. The van der Waals surface area contributed by atoms with Crippen molar-refractivity contribution >= 4 is 0 Å². The van der Waals surface area contributed by atoms with E-state index >= 15 is 0 Å². The van der Waals surface area contributed by atoms with Crippen molar-refractivity contribution in [2.45, 2.75) is 38.3 Å². The molecule has 2 heterocycles. The molecular weight excluding hydrogens is 212 g/mol. The normalized spacial score (nSPS) is 19.8. The zero-order valence-electron chi connectivity index (χ0n) is 11.4. The van der Waals surface area contributed by atoms with Crippen molar-refractivity contribution in [2.75, 3.05) is 20.1 Å². The summed E-state index contributed by atoms with van der Waals surface area (Å²) in [4.78, 5) is 2.57. The SMILES string of the molecule is CNC(c1ccn(C)n1)C(C)(C)N1CCCC1. The van der Waals surface area contributed by atoms with Gasteiger partial charge >= 0.3 is 0 Å². The molecule has 0 bridgehead atoms. The van der Waals surface area contributed by atoms with E-state index < -0.39 is 0 Å². The van der Waals surface area contributed by atoms with Gasteiger partial charge < -0.3 is 5.32 Å². The average Bonchev–Trinajstić information content (AvgIpc) is 2.89. The number of hydrogen-bond acceptors (Lipinski definition) is 3. The van der Waals surface area contributed by atoms with Crippen LogP contribution in [0.2, 0.25) is 0 Å². The van der Waals surface area contributed by atoms with Crippen LogP contribution in [0.5, 0.6) is 0 Å². The van der Waals surface area contributed by atoms with Crippen LogP contribution < -0.4 is 5.32 Å². The Labute approximate surface area is 104 Å². The predicted molar refractivity (Wildman–Crippen MR) is 69.9 cm³/mol. The lowest BCUT2D eigenvalue weighted by Gasteiger charge is -2.41. The van der Waals surface area contributed by atoms with Crippen LogP contribution in [-0.2, 0) is 7.05 Å². The fraction of sp³-hybridized carbons (Fsp3) is 0.769. The predicted octanol–water partition coefficient (Wildman–Crippen LogP) is 1.55. The van der Waals surface area contributed by atoms with Gasteiger partial charge in [-0.15, -0.1) is 0 Å². The molecule has 0 amide bonds. The molecule has 1 N–H and O–H groups in total. The summed E-state index contributed by atoms with van der Waals surface area (Å²) < 4.78 is 1.87. The maximum Gasteiger partial charge on any atom is 0.0812 e. The average molecular weight is 236 g/mol. The molecule has 1 unspecified atom stereocenters. The minimum atomic E-state index is 0.111. The lowest BCUT2D eigenvalue weighted by molar-refractivity contribution is 0.108. The second-order valence-electron chi connectivity index (χ2n) is 5.48. The quantitative estimate of drug-likeness (QED) is 0.861. The zero-order valence-corrected chi connectivity index (χ0v) is 11.4. The summed E-state index contributed by atoms with van der Waals surface area (Å²) in [5.74, 6) is 0. The van der Waals surface area contributed by atoms with Gasteiger partial charge in [0.25, 0.3) is 0 Å². The summed E-state index contributed by atoms with van der Waals surface area (Å²) in [5.41, 5.74) is 1.24. The molecule has 1 atom stereocenters. The van der Waals surface area contributed by atoms with E-state index in [4.69, 9.17) is 0 Å². The van der Waals surface area contributed by atoms with E-state index in [-0.39, 0.29) is 11.6 Å². The summed E-state index contributed by atoms with van der Waals surface area (Å²) in [6, 6.07) is 2.39. The molecule has 4 nitrogen and oxygen atoms in total. The molecule has 1 aromatic heterocycles. The number of nitrogens with one attached hydrogen (secondary N) is 1. The molecule has 1 aliphatic rings. The lowest BCUT2D eigenvalue weighted by atomic mass is 9.90. The van der Waals surface area contributed by atoms with Crippen LogP contribution in [0.1, 0.15) is 38.4 Å². The third-order valence-corrected chi connectivity index (χ3v) is 3.95. The van der Waals surface area contributed by atoms with Gasteiger partial charge in [0.1, 0.15) is 0 Å². The highest BCUT2D eigenvalue weighted by atomic mass is 15.3. The third kappa shape index (κ3) is 2.38. The summed E-state index contributed by atoms with van der Waals surface area (Å²) >= 11 is 0. The Morgan fingerprint density at radius 1 is 1.35 bits per heavy atom. The molecule has 4 heteroatoms. The zero-order chi connectivity index (χ0) is 12.5. The van der Waals surface area contributed by atoms with Crippen molar-refractivity contribution in [3.63, 3.8) is 0 Å². The summed E-state index contributed by atoms with van der Waals surface area (Å²) in [7, 11) is 4.00. The van der Waals surface area contributed by atoms with E-state index in [0.29, 0.717) is 0 Å². The first-order valence-electron chi connectivity index (χ1n) is 6.47. The van der Waals surface area contributed by atoms with Crippen molar-refractivity contribution < 1.29 is 0 Å². The first-order valence-corrected chi connectivity index (χ1v) is 6.47. The molecule has 1 fully saturated rings. The van der Waals surface area contributed by atoms with Crippen LogP contribution in [0.3, 0.4) is 0 Å². The third-order valence-electron chi connectivity index (χ3n) is 3.95. The Balaban J connectivity index is 2.21. The molecule has 0 aliphatic carbocycles. The van der Waals surface area contributed by atoms with Gasteiger partial charge in [0, 0.05) is 18.8 Å². The number of aromatic nitrogens is 2. The highest BCUT2D eigenvalue weighted by molar-refractivity contribution is 5.12. The molecule has 0 aromatic carbocycles. The maximum atomic E-state index is 4.55. The molecule has 1 saturated heterocycles. The molecule has 1 aliphatic heterocycles. The number of aryl methyl sites for hydroxylation is 1. The van der Waals surface area contributed by atoms with Crippen molar-refractivity contribution in [2.24, 2.45) is 7.05 Å². The maximum absolute atomic E-state index is 4.55. The molecule has 96 valence electrons. The molecule has 1 aromatic rings. The van der Waals surface area contributed by atoms with Gasteiger partial charge in [0.05, 0.1) is 11.7 Å². The summed E-state index contributed by atoms with van der Waals surface area (Å²) in [5, 5.41) is 7.98. The van der Waals surface area contributed by atoms with Gasteiger partial charge in [-0.3, -0.25) is 9.58 Å². The highest BCUT2D eigenvalue weighted by Gasteiger charge is 2.37. The Kier molecular flexibility index (Phi) is 3.54. The minimum absolute atomic E-state index is 0.111. The molecule has 0 radical (unpaired) electrons. The first-order chi connectivity index (χ1) is 8.05. The fourth-order valence-corrected chi connectivity index (χ4v) is 2.93. The summed E-state index contributed by atoms with van der Waals surface area (Å²) in [6.45, 7) is 7.04. The topological polar surface area (TPSA) is 33.1 Å². The standard InChI is InChI=1S/C13H24N4/c1-13(2,17-8-5-6-9-17)12(14-3)11-7-10-16(4)15-11/h7,10,12,14H,5-6,8-9H2,1-4H3. The van der Waals surface area contributed by atoms with E-state index in [2.05, 4.69) is 35.2 Å². The largest absolute Gasteiger partial charge is 0.310 e. The van der Waals surface area contributed by atoms with Gasteiger partial charge in [0.2, 0.25) is 0 Å². The summed E-state index contributed by atoms with van der Waals surface area (Å²) in [6.07, 6.45) is 4.66. The number of likely N-dealkylation sites (tertiary alicyclic amines) is 1. The van der Waals surface area contributed by atoms with Gasteiger partial charge in [0.15, 0.2) is 0 Å². The van der Waals surface area contributed by atoms with Gasteiger partial charge in [-0.25, -0.2) is 0 Å². The van der Waals surface area contributed by atoms with Gasteiger partial charge in [-0.1, -0.05) is 0 Å². The number of likely N-dealkylation sites (N-methyl/N-ethyl adjacent to an activating group) is 1. The van der Waals surface area contributed by atoms with E-state index in [1.165, 1.54) is 25.9 Å². The van der Waals surface area contributed by atoms with Crippen molar-refractivity contribution in [3.05, 3.63) is 18.0 Å². The van der Waals surface area contributed by atoms with Crippen molar-refractivity contribution in [1.82, 2.24) is 20.0 Å². The van der Waals surface area contributed by atoms with Crippen molar-refractivity contribution in [3.8, 4) is 0 Å². The lowest BCUT2D eigenvalue weighted by Crippen LogP contribution is -2.51. The van der Waals surface area contributed by atoms with Crippen LogP contribution in [0, 0.1) is 0 Å². The van der Waals surface area contributed by atoms with Crippen LogP contribution in [-0.4, -0.2) is 40.4 Å². The van der Waals surface area contributed by atoms with E-state index in [1.54, 1.807) is 0 Å². The second-order valence-corrected chi connectivity index (χ2v) is 5.48. The molecule has 17 heavy (non-hydrogen) atoms. The number of hydrogen-bond donors (Lipinski definition) is 1. The van der Waals surface area contributed by atoms with Gasteiger partial charge in [-0.05, 0) is 52.9 Å². The first kappa shape index (κ1) is 12.6. The Bertz CT molecular complexity index is 363. The van der Waals surface area contributed by atoms with E-state index in [0.717, 1.165) is 5.69 Å². The van der Waals surface area contributed by atoms with E-state index in [1.807, 2.05) is 25.0 Å². The monoisotopic (exact) mass is 236 g/mol. The Hall–Kier alpha value is -0.870. The molecular formula is C13H24N4. The van der Waals surface area contributed by atoms with Crippen molar-refractivity contribution in [1.29, 1.82) is 0 Å². The van der Waals surface area contributed by atoms with Crippen LogP contribution >= 0.6 is 0 Å². The number of nitrogens with zero attached hydrogens (tertiary/aromatic N) is 3. The van der Waals surface area contributed by atoms with E-state index in [9.17, 15) is 0 Å².